The van der Waals surface area contributed by atoms with E-state index in [9.17, 15) is 4.57 Å². The van der Waals surface area contributed by atoms with Crippen molar-refractivity contribution in [3.63, 3.8) is 0 Å². The number of rotatable bonds is 3. The second-order valence-corrected chi connectivity index (χ2v) is 6.32. The Morgan fingerprint density at radius 2 is 2.22 bits per heavy atom. The highest BCUT2D eigenvalue weighted by Gasteiger charge is 2.49. The lowest BCUT2D eigenvalue weighted by Crippen LogP contribution is -2.03. The molecule has 96 valence electrons. The van der Waals surface area contributed by atoms with Crippen LogP contribution in [-0.2, 0) is 11.1 Å². The number of fused-ring (bicyclic) bond motifs is 1. The zero-order chi connectivity index (χ0) is 12.9. The van der Waals surface area contributed by atoms with E-state index in [1.54, 1.807) is 10.9 Å². The molecule has 1 saturated carbocycles. The van der Waals surface area contributed by atoms with Gasteiger partial charge in [0.15, 0.2) is 11.5 Å². The molecule has 1 fully saturated rings. The van der Waals surface area contributed by atoms with Crippen LogP contribution in [0.3, 0.4) is 0 Å². The molecule has 2 unspecified atom stereocenters. The summed E-state index contributed by atoms with van der Waals surface area (Å²) in [6.45, 7) is 0.489. The van der Waals surface area contributed by atoms with Gasteiger partial charge in [0.05, 0.1) is 12.0 Å². The van der Waals surface area contributed by atoms with Crippen LogP contribution in [0.15, 0.2) is 12.7 Å². The van der Waals surface area contributed by atoms with Gasteiger partial charge < -0.3 is 20.1 Å². The molecule has 1 aliphatic carbocycles. The highest BCUT2D eigenvalue weighted by atomic mass is 31.2. The van der Waals surface area contributed by atoms with Gasteiger partial charge in [0.1, 0.15) is 11.8 Å². The zero-order valence-corrected chi connectivity index (χ0v) is 10.2. The SMILES string of the molecule is Nc1ncnc2c1ncn2CC1CC1P(=O)(O)O. The second kappa shape index (κ2) is 3.74. The van der Waals surface area contributed by atoms with Crippen LogP contribution < -0.4 is 5.73 Å². The van der Waals surface area contributed by atoms with Crippen molar-refractivity contribution in [2.75, 3.05) is 5.73 Å². The van der Waals surface area contributed by atoms with Crippen LogP contribution in [0, 0.1) is 5.92 Å². The summed E-state index contributed by atoms with van der Waals surface area (Å²) in [5.74, 6) is 0.278. The van der Waals surface area contributed by atoms with Crippen molar-refractivity contribution in [1.82, 2.24) is 19.5 Å². The van der Waals surface area contributed by atoms with E-state index >= 15 is 0 Å². The Balaban J connectivity index is 1.85. The molecule has 2 heterocycles. The molecule has 0 amide bonds. The molecule has 8 nitrogen and oxygen atoms in total. The van der Waals surface area contributed by atoms with Gasteiger partial charge in [0, 0.05) is 6.54 Å². The molecule has 0 saturated heterocycles. The Bertz CT molecular complexity index is 651. The fourth-order valence-corrected chi connectivity index (χ4v) is 3.31. The van der Waals surface area contributed by atoms with Crippen LogP contribution in [-0.4, -0.2) is 35.0 Å². The van der Waals surface area contributed by atoms with E-state index in [1.165, 1.54) is 6.33 Å². The van der Waals surface area contributed by atoms with E-state index in [0.717, 1.165) is 0 Å². The summed E-state index contributed by atoms with van der Waals surface area (Å²) >= 11 is 0. The number of nitrogens with zero attached hydrogens (tertiary/aromatic N) is 4. The normalized spacial score (nSPS) is 23.4. The smallest absolute Gasteiger partial charge is 0.328 e. The first kappa shape index (κ1) is 11.6. The average molecular weight is 269 g/mol. The van der Waals surface area contributed by atoms with E-state index < -0.39 is 13.3 Å². The van der Waals surface area contributed by atoms with Crippen LogP contribution in [0.4, 0.5) is 5.82 Å². The minimum absolute atomic E-state index is 0.0283. The quantitative estimate of drug-likeness (QED) is 0.668. The lowest BCUT2D eigenvalue weighted by molar-refractivity contribution is 0.368. The number of aromatic nitrogens is 4. The van der Waals surface area contributed by atoms with Gasteiger partial charge >= 0.3 is 7.60 Å². The van der Waals surface area contributed by atoms with Gasteiger partial charge in [0.2, 0.25) is 0 Å². The third-order valence-corrected chi connectivity index (χ3v) is 4.67. The van der Waals surface area contributed by atoms with Gasteiger partial charge in [-0.3, -0.25) is 4.57 Å². The Labute approximate surface area is 102 Å². The highest BCUT2D eigenvalue weighted by Crippen LogP contribution is 2.58. The van der Waals surface area contributed by atoms with Gasteiger partial charge in [-0.05, 0) is 12.3 Å². The average Bonchev–Trinajstić information content (AvgIpc) is 2.94. The predicted octanol–water partition coefficient (Wildman–Crippen LogP) is -0.0253. The number of imidazole rings is 1. The summed E-state index contributed by atoms with van der Waals surface area (Å²) in [6, 6.07) is 0. The summed E-state index contributed by atoms with van der Waals surface area (Å²) in [6.07, 6.45) is 3.46. The summed E-state index contributed by atoms with van der Waals surface area (Å²) in [7, 11) is -3.96. The molecule has 0 spiro atoms. The van der Waals surface area contributed by atoms with E-state index in [2.05, 4.69) is 15.0 Å². The van der Waals surface area contributed by atoms with Crippen LogP contribution >= 0.6 is 7.60 Å². The Kier molecular flexibility index (Phi) is 2.41. The van der Waals surface area contributed by atoms with Crippen molar-refractivity contribution in [2.24, 2.45) is 5.92 Å². The monoisotopic (exact) mass is 269 g/mol. The number of nitrogens with two attached hydrogens (primary N) is 1. The first-order valence-corrected chi connectivity index (χ1v) is 7.11. The van der Waals surface area contributed by atoms with Gasteiger partial charge in [-0.1, -0.05) is 0 Å². The topological polar surface area (TPSA) is 127 Å². The molecule has 0 aromatic carbocycles. The van der Waals surface area contributed by atoms with E-state index in [-0.39, 0.29) is 5.92 Å². The number of nitrogen functional groups attached to an aromatic ring is 1. The third kappa shape index (κ3) is 1.88. The number of hydrogen-bond donors (Lipinski definition) is 3. The Morgan fingerprint density at radius 1 is 1.44 bits per heavy atom. The van der Waals surface area contributed by atoms with Crippen molar-refractivity contribution in [1.29, 1.82) is 0 Å². The molecule has 3 rings (SSSR count). The number of hydrogen-bond acceptors (Lipinski definition) is 5. The van der Waals surface area contributed by atoms with Crippen LogP contribution in [0.5, 0.6) is 0 Å². The third-order valence-electron chi connectivity index (χ3n) is 3.18. The maximum atomic E-state index is 11.1. The highest BCUT2D eigenvalue weighted by molar-refractivity contribution is 7.53. The Hall–Kier alpha value is -1.50. The molecule has 2 aromatic rings. The molecule has 4 N–H and O–H groups in total. The van der Waals surface area contributed by atoms with Crippen LogP contribution in [0.1, 0.15) is 6.42 Å². The lowest BCUT2D eigenvalue weighted by Gasteiger charge is -2.04. The van der Waals surface area contributed by atoms with E-state index in [1.807, 2.05) is 0 Å². The van der Waals surface area contributed by atoms with Gasteiger partial charge in [-0.25, -0.2) is 15.0 Å². The van der Waals surface area contributed by atoms with E-state index in [0.29, 0.717) is 29.9 Å². The molecule has 2 atom stereocenters. The van der Waals surface area contributed by atoms with Gasteiger partial charge in [0.25, 0.3) is 0 Å². The molecule has 1 aliphatic rings. The predicted molar refractivity (Wildman–Crippen MR) is 63.7 cm³/mol. The standard InChI is InChI=1S/C9H12N5O3P/c10-8-7-9(12-3-11-8)14(4-13-7)2-5-1-6(5)18(15,16)17/h3-6H,1-2H2,(H2,10,11,12)(H2,15,16,17). The molecule has 0 bridgehead atoms. The molecule has 0 radical (unpaired) electrons. The summed E-state index contributed by atoms with van der Waals surface area (Å²) < 4.78 is 12.8. The fourth-order valence-electron chi connectivity index (χ4n) is 2.12. The molecular formula is C9H12N5O3P. The van der Waals surface area contributed by atoms with Crippen molar-refractivity contribution in [3.05, 3.63) is 12.7 Å². The van der Waals surface area contributed by atoms with Crippen molar-refractivity contribution >= 4 is 24.6 Å². The maximum absolute atomic E-state index is 11.1. The van der Waals surface area contributed by atoms with E-state index in [4.69, 9.17) is 15.5 Å². The fraction of sp³-hybridized carbons (Fsp3) is 0.444. The van der Waals surface area contributed by atoms with Crippen molar-refractivity contribution < 1.29 is 14.4 Å². The largest absolute Gasteiger partial charge is 0.382 e. The van der Waals surface area contributed by atoms with Crippen LogP contribution in [0.25, 0.3) is 11.2 Å². The van der Waals surface area contributed by atoms with Crippen molar-refractivity contribution in [2.45, 2.75) is 18.6 Å². The first-order valence-electron chi connectivity index (χ1n) is 5.43. The van der Waals surface area contributed by atoms with Crippen molar-refractivity contribution in [3.8, 4) is 0 Å². The Morgan fingerprint density at radius 3 is 2.89 bits per heavy atom. The second-order valence-electron chi connectivity index (χ2n) is 4.48. The first-order chi connectivity index (χ1) is 8.47. The minimum atomic E-state index is -3.96. The maximum Gasteiger partial charge on any atom is 0.328 e. The molecular weight excluding hydrogens is 257 g/mol. The zero-order valence-electron chi connectivity index (χ0n) is 9.34. The lowest BCUT2D eigenvalue weighted by atomic mass is 10.4. The summed E-state index contributed by atoms with van der Waals surface area (Å²) in [5.41, 5.74) is 6.24. The summed E-state index contributed by atoms with van der Waals surface area (Å²) in [4.78, 5) is 30.1. The van der Waals surface area contributed by atoms with Gasteiger partial charge in [-0.2, -0.15) is 0 Å². The number of anilines is 1. The molecule has 0 aliphatic heterocycles. The summed E-state index contributed by atoms with van der Waals surface area (Å²) in [5, 5.41) is 0. The minimum Gasteiger partial charge on any atom is -0.382 e. The van der Waals surface area contributed by atoms with Gasteiger partial charge in [-0.15, -0.1) is 0 Å². The molecule has 18 heavy (non-hydrogen) atoms. The molecule has 9 heteroatoms. The molecule has 2 aromatic heterocycles. The van der Waals surface area contributed by atoms with Crippen LogP contribution in [0.2, 0.25) is 0 Å².